The van der Waals surface area contributed by atoms with Crippen molar-refractivity contribution in [2.75, 3.05) is 0 Å². The summed E-state index contributed by atoms with van der Waals surface area (Å²) in [4.78, 5) is 0.173. The van der Waals surface area contributed by atoms with Crippen molar-refractivity contribution < 1.29 is 8.42 Å². The molecule has 98 valence electrons. The van der Waals surface area contributed by atoms with E-state index in [1.807, 2.05) is 6.92 Å². The van der Waals surface area contributed by atoms with Crippen molar-refractivity contribution >= 4 is 10.0 Å². The lowest BCUT2D eigenvalue weighted by Crippen LogP contribution is -2.24. The van der Waals surface area contributed by atoms with Crippen molar-refractivity contribution in [2.45, 2.75) is 24.9 Å². The van der Waals surface area contributed by atoms with Crippen molar-refractivity contribution in [3.63, 3.8) is 0 Å². The molecule has 2 heterocycles. The van der Waals surface area contributed by atoms with Crippen LogP contribution in [0.4, 0.5) is 0 Å². The van der Waals surface area contributed by atoms with Gasteiger partial charge in [0.15, 0.2) is 0 Å². The Morgan fingerprint density at radius 2 is 2.17 bits per heavy atom. The molecule has 0 spiro atoms. The molecule has 0 saturated heterocycles. The molecule has 0 aromatic carbocycles. The molecule has 2 aromatic heterocycles. The van der Waals surface area contributed by atoms with Crippen LogP contribution in [0.5, 0.6) is 0 Å². The zero-order valence-corrected chi connectivity index (χ0v) is 11.1. The van der Waals surface area contributed by atoms with Crippen LogP contribution in [0.25, 0.3) is 0 Å². The zero-order valence-electron chi connectivity index (χ0n) is 10.2. The molecular formula is C10H15N5O2S. The van der Waals surface area contributed by atoms with E-state index in [-0.39, 0.29) is 11.4 Å². The molecule has 1 N–H and O–H groups in total. The molecule has 0 bridgehead atoms. The summed E-state index contributed by atoms with van der Waals surface area (Å²) < 4.78 is 29.7. The van der Waals surface area contributed by atoms with Crippen LogP contribution >= 0.6 is 0 Å². The highest BCUT2D eigenvalue weighted by atomic mass is 32.2. The molecule has 0 aliphatic rings. The smallest absolute Gasteiger partial charge is 0.244 e. The third kappa shape index (κ3) is 2.59. The van der Waals surface area contributed by atoms with Gasteiger partial charge in [0, 0.05) is 26.0 Å². The Labute approximate surface area is 105 Å². The summed E-state index contributed by atoms with van der Waals surface area (Å²) in [7, 11) is -1.75. The van der Waals surface area contributed by atoms with Crippen molar-refractivity contribution in [1.29, 1.82) is 0 Å². The molecule has 7 nitrogen and oxygen atoms in total. The minimum absolute atomic E-state index is 0.173. The van der Waals surface area contributed by atoms with Crippen LogP contribution in [0.2, 0.25) is 0 Å². The Hall–Kier alpha value is -1.67. The fraction of sp³-hybridized carbons (Fsp3) is 0.400. The lowest BCUT2D eigenvalue weighted by Gasteiger charge is -2.04. The summed E-state index contributed by atoms with van der Waals surface area (Å²) >= 11 is 0. The third-order valence-electron chi connectivity index (χ3n) is 2.61. The van der Waals surface area contributed by atoms with Gasteiger partial charge in [-0.2, -0.15) is 10.2 Å². The highest BCUT2D eigenvalue weighted by Crippen LogP contribution is 2.08. The Kier molecular flexibility index (Phi) is 3.48. The maximum absolute atomic E-state index is 12.0. The molecule has 8 heteroatoms. The van der Waals surface area contributed by atoms with E-state index in [4.69, 9.17) is 0 Å². The summed E-state index contributed by atoms with van der Waals surface area (Å²) in [6.45, 7) is 2.74. The van der Waals surface area contributed by atoms with Crippen molar-refractivity contribution in [3.05, 3.63) is 30.4 Å². The largest absolute Gasteiger partial charge is 0.272 e. The first kappa shape index (κ1) is 12.8. The molecule has 0 unspecified atom stereocenters. The first-order valence-corrected chi connectivity index (χ1v) is 7.00. The first-order chi connectivity index (χ1) is 8.53. The van der Waals surface area contributed by atoms with Gasteiger partial charge < -0.3 is 0 Å². The van der Waals surface area contributed by atoms with Gasteiger partial charge >= 0.3 is 0 Å². The SMILES string of the molecule is CCn1cc(S(=O)(=O)NCc2ccnn2C)cn1. The minimum atomic E-state index is -3.52. The molecule has 0 fully saturated rings. The summed E-state index contributed by atoms with van der Waals surface area (Å²) in [5, 5.41) is 7.92. The Bertz CT molecular complexity index is 628. The van der Waals surface area contributed by atoms with E-state index in [0.717, 1.165) is 5.69 Å². The normalized spacial score (nSPS) is 11.9. The van der Waals surface area contributed by atoms with E-state index >= 15 is 0 Å². The van der Waals surface area contributed by atoms with Crippen LogP contribution in [0.3, 0.4) is 0 Å². The molecule has 0 aliphatic heterocycles. The van der Waals surface area contributed by atoms with Crippen molar-refractivity contribution in [1.82, 2.24) is 24.3 Å². The van der Waals surface area contributed by atoms with Crippen molar-refractivity contribution in [3.8, 4) is 0 Å². The highest BCUT2D eigenvalue weighted by molar-refractivity contribution is 7.89. The standard InChI is InChI=1S/C10H15N5O2S/c1-3-15-8-10(7-12-15)18(16,17)13-6-9-4-5-11-14(9)2/h4-5,7-8,13H,3,6H2,1-2H3. The number of nitrogens with zero attached hydrogens (tertiary/aromatic N) is 4. The van der Waals surface area contributed by atoms with Gasteiger partial charge in [-0.1, -0.05) is 0 Å². The van der Waals surface area contributed by atoms with Gasteiger partial charge in [-0.25, -0.2) is 13.1 Å². The van der Waals surface area contributed by atoms with Gasteiger partial charge in [-0.3, -0.25) is 9.36 Å². The van der Waals surface area contributed by atoms with Gasteiger partial charge in [-0.15, -0.1) is 0 Å². The van der Waals surface area contributed by atoms with E-state index < -0.39 is 10.0 Å². The minimum Gasteiger partial charge on any atom is -0.272 e. The molecule has 0 radical (unpaired) electrons. The van der Waals surface area contributed by atoms with Crippen LogP contribution < -0.4 is 4.72 Å². The molecule has 0 saturated carbocycles. The summed E-state index contributed by atoms with van der Waals surface area (Å²) in [5.41, 5.74) is 0.793. The van der Waals surface area contributed by atoms with E-state index in [0.29, 0.717) is 6.54 Å². The van der Waals surface area contributed by atoms with Gasteiger partial charge in [-0.05, 0) is 13.0 Å². The molecule has 2 rings (SSSR count). The number of aryl methyl sites for hydroxylation is 2. The van der Waals surface area contributed by atoms with Gasteiger partial charge in [0.25, 0.3) is 0 Å². The van der Waals surface area contributed by atoms with E-state index in [9.17, 15) is 8.42 Å². The third-order valence-corrected chi connectivity index (χ3v) is 3.97. The predicted molar refractivity (Wildman–Crippen MR) is 65.1 cm³/mol. The average Bonchev–Trinajstić information content (AvgIpc) is 2.95. The van der Waals surface area contributed by atoms with E-state index in [1.54, 1.807) is 28.7 Å². The van der Waals surface area contributed by atoms with Gasteiger partial charge in [0.1, 0.15) is 4.90 Å². The number of rotatable bonds is 5. The summed E-state index contributed by atoms with van der Waals surface area (Å²) in [6, 6.07) is 1.76. The van der Waals surface area contributed by atoms with Gasteiger partial charge in [0.05, 0.1) is 18.4 Å². The second kappa shape index (κ2) is 4.91. The topological polar surface area (TPSA) is 81.8 Å². The molecule has 18 heavy (non-hydrogen) atoms. The van der Waals surface area contributed by atoms with Crippen LogP contribution in [0.15, 0.2) is 29.6 Å². The highest BCUT2D eigenvalue weighted by Gasteiger charge is 2.16. The second-order valence-corrected chi connectivity index (χ2v) is 5.57. The molecule has 2 aromatic rings. The fourth-order valence-corrected chi connectivity index (χ4v) is 2.43. The van der Waals surface area contributed by atoms with Gasteiger partial charge in [0.2, 0.25) is 10.0 Å². The second-order valence-electron chi connectivity index (χ2n) is 3.80. The van der Waals surface area contributed by atoms with E-state index in [1.165, 1.54) is 12.4 Å². The van der Waals surface area contributed by atoms with Crippen LogP contribution in [0, 0.1) is 0 Å². The Morgan fingerprint density at radius 1 is 1.39 bits per heavy atom. The summed E-state index contributed by atoms with van der Waals surface area (Å²) in [5.74, 6) is 0. The Balaban J connectivity index is 2.10. The Morgan fingerprint density at radius 3 is 2.72 bits per heavy atom. The maximum Gasteiger partial charge on any atom is 0.244 e. The predicted octanol–water partition coefficient (Wildman–Crippen LogP) is 0.115. The van der Waals surface area contributed by atoms with Crippen LogP contribution in [-0.4, -0.2) is 28.0 Å². The number of sulfonamides is 1. The number of aromatic nitrogens is 4. The zero-order chi connectivity index (χ0) is 13.2. The quantitative estimate of drug-likeness (QED) is 0.835. The van der Waals surface area contributed by atoms with Crippen molar-refractivity contribution in [2.24, 2.45) is 7.05 Å². The molecule has 0 amide bonds. The van der Waals surface area contributed by atoms with Crippen LogP contribution in [-0.2, 0) is 30.2 Å². The average molecular weight is 269 g/mol. The molecule has 0 aliphatic carbocycles. The monoisotopic (exact) mass is 269 g/mol. The van der Waals surface area contributed by atoms with E-state index in [2.05, 4.69) is 14.9 Å². The number of hydrogen-bond acceptors (Lipinski definition) is 4. The summed E-state index contributed by atoms with van der Waals surface area (Å²) in [6.07, 6.45) is 4.47. The maximum atomic E-state index is 12.0. The molecular weight excluding hydrogens is 254 g/mol. The lowest BCUT2D eigenvalue weighted by atomic mass is 10.4. The first-order valence-electron chi connectivity index (χ1n) is 5.52. The van der Waals surface area contributed by atoms with Crippen LogP contribution in [0.1, 0.15) is 12.6 Å². The molecule has 0 atom stereocenters. The number of nitrogens with one attached hydrogen (secondary N) is 1. The fourth-order valence-electron chi connectivity index (χ4n) is 1.48. The number of hydrogen-bond donors (Lipinski definition) is 1. The lowest BCUT2D eigenvalue weighted by molar-refractivity contribution is 0.576.